The lowest BCUT2D eigenvalue weighted by Gasteiger charge is -2.34. The monoisotopic (exact) mass is 368 g/mol. The second-order valence-corrected chi connectivity index (χ2v) is 6.43. The van der Waals surface area contributed by atoms with Crippen LogP contribution in [0.5, 0.6) is 5.75 Å². The van der Waals surface area contributed by atoms with Crippen LogP contribution in [0.4, 0.5) is 0 Å². The third kappa shape index (κ3) is 5.27. The number of pyridine rings is 1. The highest BCUT2D eigenvalue weighted by Gasteiger charge is 2.31. The van der Waals surface area contributed by atoms with E-state index in [0.717, 1.165) is 17.0 Å². The van der Waals surface area contributed by atoms with Gasteiger partial charge in [-0.1, -0.05) is 18.2 Å². The summed E-state index contributed by atoms with van der Waals surface area (Å²) in [7, 11) is 1.61. The van der Waals surface area contributed by atoms with E-state index in [4.69, 9.17) is 4.74 Å². The molecule has 1 aromatic carbocycles. The van der Waals surface area contributed by atoms with Crippen molar-refractivity contribution < 1.29 is 14.3 Å². The molecule has 27 heavy (non-hydrogen) atoms. The van der Waals surface area contributed by atoms with Gasteiger partial charge in [0.05, 0.1) is 25.3 Å². The molecule has 142 valence electrons. The van der Waals surface area contributed by atoms with Crippen LogP contribution in [0.2, 0.25) is 0 Å². The predicted octanol–water partition coefficient (Wildman–Crippen LogP) is 1.10. The average Bonchev–Trinajstić information content (AvgIpc) is 2.70. The highest BCUT2D eigenvalue weighted by molar-refractivity contribution is 5.88. The minimum absolute atomic E-state index is 0.114. The predicted molar refractivity (Wildman–Crippen MR) is 101 cm³/mol. The highest BCUT2D eigenvalue weighted by Crippen LogP contribution is 2.14. The van der Waals surface area contributed by atoms with Crippen LogP contribution in [-0.2, 0) is 22.7 Å². The molecule has 1 aromatic heterocycles. The zero-order valence-corrected chi connectivity index (χ0v) is 15.4. The van der Waals surface area contributed by atoms with Crippen molar-refractivity contribution in [2.24, 2.45) is 0 Å². The molecule has 1 fully saturated rings. The second-order valence-electron chi connectivity index (χ2n) is 6.43. The van der Waals surface area contributed by atoms with E-state index in [1.54, 1.807) is 13.3 Å². The van der Waals surface area contributed by atoms with Crippen molar-refractivity contribution in [3.63, 3.8) is 0 Å². The number of hydrogen-bond acceptors (Lipinski definition) is 5. The SMILES string of the molecule is COc1cccc(CNC(=O)CC2C(=O)NCCN2Cc2ccccn2)c1. The number of carbonyl (C=O) groups excluding carboxylic acids is 2. The summed E-state index contributed by atoms with van der Waals surface area (Å²) >= 11 is 0. The van der Waals surface area contributed by atoms with Crippen molar-refractivity contribution >= 4 is 11.8 Å². The first-order chi connectivity index (χ1) is 13.2. The number of ether oxygens (including phenoxy) is 1. The summed E-state index contributed by atoms with van der Waals surface area (Å²) in [6.07, 6.45) is 1.85. The first-order valence-electron chi connectivity index (χ1n) is 8.97. The summed E-state index contributed by atoms with van der Waals surface area (Å²) in [5, 5.41) is 5.73. The number of hydrogen-bond donors (Lipinski definition) is 2. The Morgan fingerprint density at radius 1 is 1.33 bits per heavy atom. The number of rotatable bonds is 7. The molecule has 2 heterocycles. The molecule has 0 radical (unpaired) electrons. The number of piperazine rings is 1. The normalized spacial score (nSPS) is 17.2. The lowest BCUT2D eigenvalue weighted by atomic mass is 10.1. The number of methoxy groups -OCH3 is 1. The maximum absolute atomic E-state index is 12.4. The summed E-state index contributed by atoms with van der Waals surface area (Å²) in [6, 6.07) is 12.7. The Bertz CT molecular complexity index is 782. The maximum atomic E-state index is 12.4. The van der Waals surface area contributed by atoms with Crippen LogP contribution in [0, 0.1) is 0 Å². The highest BCUT2D eigenvalue weighted by atomic mass is 16.5. The Morgan fingerprint density at radius 2 is 2.22 bits per heavy atom. The van der Waals surface area contributed by atoms with Crippen molar-refractivity contribution in [3.05, 3.63) is 59.9 Å². The van der Waals surface area contributed by atoms with Crippen LogP contribution in [0.15, 0.2) is 48.7 Å². The Morgan fingerprint density at radius 3 is 3.00 bits per heavy atom. The number of carbonyl (C=O) groups is 2. The molecule has 2 amide bonds. The second kappa shape index (κ2) is 9.14. The number of nitrogens with zero attached hydrogens (tertiary/aromatic N) is 2. The molecule has 0 bridgehead atoms. The van der Waals surface area contributed by atoms with Crippen LogP contribution in [0.3, 0.4) is 0 Å². The number of benzene rings is 1. The summed E-state index contributed by atoms with van der Waals surface area (Å²) in [4.78, 5) is 31.1. The van der Waals surface area contributed by atoms with Gasteiger partial charge in [-0.25, -0.2) is 0 Å². The van der Waals surface area contributed by atoms with Crippen LogP contribution >= 0.6 is 0 Å². The molecule has 1 atom stereocenters. The lowest BCUT2D eigenvalue weighted by molar-refractivity contribution is -0.134. The molecule has 7 heteroatoms. The number of aromatic nitrogens is 1. The molecule has 1 unspecified atom stereocenters. The van der Waals surface area contributed by atoms with E-state index in [0.29, 0.717) is 26.2 Å². The summed E-state index contributed by atoms with van der Waals surface area (Å²) in [6.45, 7) is 2.20. The molecule has 7 nitrogen and oxygen atoms in total. The zero-order valence-electron chi connectivity index (χ0n) is 15.4. The zero-order chi connectivity index (χ0) is 19.1. The van der Waals surface area contributed by atoms with Gasteiger partial charge >= 0.3 is 0 Å². The van der Waals surface area contributed by atoms with Gasteiger partial charge in [0.25, 0.3) is 0 Å². The van der Waals surface area contributed by atoms with E-state index in [2.05, 4.69) is 15.6 Å². The molecule has 3 rings (SSSR count). The van der Waals surface area contributed by atoms with Crippen molar-refractivity contribution in [1.82, 2.24) is 20.5 Å². The van der Waals surface area contributed by atoms with Crippen molar-refractivity contribution in [2.75, 3.05) is 20.2 Å². The fraction of sp³-hybridized carbons (Fsp3) is 0.350. The van der Waals surface area contributed by atoms with E-state index in [1.165, 1.54) is 0 Å². The average molecular weight is 368 g/mol. The van der Waals surface area contributed by atoms with Gasteiger partial charge in [0.15, 0.2) is 0 Å². The Balaban J connectivity index is 1.58. The smallest absolute Gasteiger partial charge is 0.237 e. The van der Waals surface area contributed by atoms with Crippen molar-refractivity contribution in [1.29, 1.82) is 0 Å². The van der Waals surface area contributed by atoms with E-state index in [-0.39, 0.29) is 18.2 Å². The van der Waals surface area contributed by atoms with Gasteiger partial charge in [-0.3, -0.25) is 19.5 Å². The lowest BCUT2D eigenvalue weighted by Crippen LogP contribution is -2.56. The Kier molecular flexibility index (Phi) is 6.38. The van der Waals surface area contributed by atoms with Gasteiger partial charge in [-0.05, 0) is 29.8 Å². The summed E-state index contributed by atoms with van der Waals surface area (Å²) in [5.74, 6) is 0.467. The molecule has 1 saturated heterocycles. The van der Waals surface area contributed by atoms with Gasteiger partial charge in [0, 0.05) is 32.4 Å². The summed E-state index contributed by atoms with van der Waals surface area (Å²) in [5.41, 5.74) is 1.83. The third-order valence-corrected chi connectivity index (χ3v) is 4.54. The molecule has 0 saturated carbocycles. The van der Waals surface area contributed by atoms with Crippen molar-refractivity contribution in [2.45, 2.75) is 25.6 Å². The van der Waals surface area contributed by atoms with Gasteiger partial charge in [-0.2, -0.15) is 0 Å². The molecule has 1 aliphatic heterocycles. The quantitative estimate of drug-likeness (QED) is 0.765. The largest absolute Gasteiger partial charge is 0.497 e. The van der Waals surface area contributed by atoms with Crippen molar-refractivity contribution in [3.8, 4) is 5.75 Å². The topological polar surface area (TPSA) is 83.6 Å². The van der Waals surface area contributed by atoms with Crippen LogP contribution in [-0.4, -0.2) is 47.9 Å². The van der Waals surface area contributed by atoms with Crippen LogP contribution in [0.1, 0.15) is 17.7 Å². The number of nitrogens with one attached hydrogen (secondary N) is 2. The van der Waals surface area contributed by atoms with Crippen LogP contribution in [0.25, 0.3) is 0 Å². The first-order valence-corrected chi connectivity index (χ1v) is 8.97. The molecule has 1 aliphatic rings. The molecule has 2 N–H and O–H groups in total. The van der Waals surface area contributed by atoms with Gasteiger partial charge < -0.3 is 15.4 Å². The Hall–Kier alpha value is -2.93. The third-order valence-electron chi connectivity index (χ3n) is 4.54. The van der Waals surface area contributed by atoms with E-state index in [1.807, 2.05) is 47.4 Å². The van der Waals surface area contributed by atoms with Gasteiger partial charge in [0.2, 0.25) is 11.8 Å². The fourth-order valence-corrected chi connectivity index (χ4v) is 3.10. The molecule has 0 spiro atoms. The molecule has 0 aliphatic carbocycles. The van der Waals surface area contributed by atoms with Gasteiger partial charge in [0.1, 0.15) is 5.75 Å². The van der Waals surface area contributed by atoms with Gasteiger partial charge in [-0.15, -0.1) is 0 Å². The Labute approximate surface area is 158 Å². The van der Waals surface area contributed by atoms with Crippen LogP contribution < -0.4 is 15.4 Å². The standard InChI is InChI=1S/C20H24N4O3/c1-27-17-7-4-5-15(11-17)13-23-19(25)12-18-20(26)22-9-10-24(18)14-16-6-2-3-8-21-16/h2-8,11,18H,9-10,12-14H2,1H3,(H,22,26)(H,23,25). The maximum Gasteiger partial charge on any atom is 0.237 e. The first kappa shape index (κ1) is 18.8. The molecular weight excluding hydrogens is 344 g/mol. The van der Waals surface area contributed by atoms with E-state index >= 15 is 0 Å². The molecule has 2 aromatic rings. The summed E-state index contributed by atoms with van der Waals surface area (Å²) < 4.78 is 5.19. The van der Waals surface area contributed by atoms with E-state index in [9.17, 15) is 9.59 Å². The minimum atomic E-state index is -0.494. The molecular formula is C20H24N4O3. The number of amides is 2. The minimum Gasteiger partial charge on any atom is -0.497 e. The van der Waals surface area contributed by atoms with E-state index < -0.39 is 6.04 Å². The fourth-order valence-electron chi connectivity index (χ4n) is 3.10.